The van der Waals surface area contributed by atoms with E-state index in [9.17, 15) is 8.42 Å². The molecule has 0 aliphatic carbocycles. The highest BCUT2D eigenvalue weighted by Gasteiger charge is 2.13. The molecule has 136 valence electrons. The first-order chi connectivity index (χ1) is 12.3. The smallest absolute Gasteiger partial charge is 0.175 e. The lowest BCUT2D eigenvalue weighted by atomic mass is 10.2. The average molecular weight is 390 g/mol. The van der Waals surface area contributed by atoms with E-state index in [1.165, 1.54) is 19.2 Å². The molecular weight excluding hydrogens is 372 g/mol. The van der Waals surface area contributed by atoms with Crippen LogP contribution in [-0.2, 0) is 16.9 Å². The number of anilines is 2. The van der Waals surface area contributed by atoms with Gasteiger partial charge in [0.15, 0.2) is 14.9 Å². The molecule has 0 aliphatic heterocycles. The molecule has 7 nitrogen and oxygen atoms in total. The number of methoxy groups -OCH3 is 1. The summed E-state index contributed by atoms with van der Waals surface area (Å²) in [5.41, 5.74) is 2.96. The number of imidazole rings is 1. The molecule has 0 bridgehead atoms. The molecule has 0 atom stereocenters. The van der Waals surface area contributed by atoms with Gasteiger partial charge >= 0.3 is 0 Å². The number of thiocarbonyl (C=S) groups is 1. The Morgan fingerprint density at radius 2 is 1.92 bits per heavy atom. The van der Waals surface area contributed by atoms with Crippen LogP contribution in [0.2, 0.25) is 0 Å². The van der Waals surface area contributed by atoms with Crippen LogP contribution < -0.4 is 15.4 Å². The maximum atomic E-state index is 11.8. The van der Waals surface area contributed by atoms with Crippen LogP contribution in [0.5, 0.6) is 5.75 Å². The zero-order chi connectivity index (χ0) is 18.9. The molecule has 26 heavy (non-hydrogen) atoms. The highest BCUT2D eigenvalue weighted by Crippen LogP contribution is 2.28. The van der Waals surface area contributed by atoms with E-state index in [4.69, 9.17) is 17.0 Å². The predicted molar refractivity (Wildman–Crippen MR) is 107 cm³/mol. The van der Waals surface area contributed by atoms with Crippen LogP contribution in [0.25, 0.3) is 11.0 Å². The molecule has 0 unspecified atom stereocenters. The van der Waals surface area contributed by atoms with Crippen LogP contribution in [0.4, 0.5) is 11.4 Å². The number of nitrogens with one attached hydrogen (secondary N) is 2. The summed E-state index contributed by atoms with van der Waals surface area (Å²) in [5, 5.41) is 6.38. The summed E-state index contributed by atoms with van der Waals surface area (Å²) in [5.74, 6) is 0.484. The Bertz CT molecular complexity index is 1090. The van der Waals surface area contributed by atoms with Crippen LogP contribution >= 0.6 is 12.2 Å². The summed E-state index contributed by atoms with van der Waals surface area (Å²) in [4.78, 5) is 4.54. The lowest BCUT2D eigenvalue weighted by Gasteiger charge is -2.14. The molecule has 0 saturated carbocycles. The minimum Gasteiger partial charge on any atom is -0.495 e. The minimum atomic E-state index is -3.34. The topological polar surface area (TPSA) is 85.2 Å². The molecule has 0 spiro atoms. The van der Waals surface area contributed by atoms with Crippen LogP contribution in [0.15, 0.2) is 47.6 Å². The molecular formula is C17H18N4O3S2. The monoisotopic (exact) mass is 390 g/mol. The average Bonchev–Trinajstić information content (AvgIpc) is 2.96. The Labute approximate surface area is 156 Å². The Morgan fingerprint density at radius 1 is 1.19 bits per heavy atom. The van der Waals surface area contributed by atoms with Crippen molar-refractivity contribution in [3.05, 3.63) is 42.7 Å². The Balaban J connectivity index is 1.88. The highest BCUT2D eigenvalue weighted by atomic mass is 32.2. The van der Waals surface area contributed by atoms with Gasteiger partial charge in [0.2, 0.25) is 0 Å². The largest absolute Gasteiger partial charge is 0.495 e. The van der Waals surface area contributed by atoms with E-state index < -0.39 is 9.84 Å². The number of hydrogen-bond donors (Lipinski definition) is 2. The lowest BCUT2D eigenvalue weighted by Crippen LogP contribution is -2.20. The van der Waals surface area contributed by atoms with Crippen molar-refractivity contribution in [2.24, 2.45) is 7.05 Å². The lowest BCUT2D eigenvalue weighted by molar-refractivity contribution is 0.416. The number of nitrogens with zero attached hydrogens (tertiary/aromatic N) is 2. The quantitative estimate of drug-likeness (QED) is 0.663. The fraction of sp³-hybridized carbons (Fsp3) is 0.176. The molecule has 1 aromatic heterocycles. The van der Waals surface area contributed by atoms with Crippen molar-refractivity contribution in [2.75, 3.05) is 24.0 Å². The van der Waals surface area contributed by atoms with Crippen molar-refractivity contribution in [2.45, 2.75) is 4.90 Å². The zero-order valence-electron chi connectivity index (χ0n) is 14.5. The SMILES string of the molecule is COc1ccc(S(C)(=O)=O)cc1NC(=S)Nc1cccc2c1ncn2C. The molecule has 2 N–H and O–H groups in total. The van der Waals surface area contributed by atoms with Crippen molar-refractivity contribution in [3.63, 3.8) is 0 Å². The number of sulfone groups is 1. The number of aryl methyl sites for hydroxylation is 1. The molecule has 2 aromatic carbocycles. The van der Waals surface area contributed by atoms with Gasteiger partial charge in [0.1, 0.15) is 11.3 Å². The number of hydrogen-bond acceptors (Lipinski definition) is 5. The number of aromatic nitrogens is 2. The minimum absolute atomic E-state index is 0.176. The fourth-order valence-corrected chi connectivity index (χ4v) is 3.42. The van der Waals surface area contributed by atoms with Gasteiger partial charge in [0.05, 0.1) is 35.2 Å². The van der Waals surface area contributed by atoms with Gasteiger partial charge in [-0.15, -0.1) is 0 Å². The van der Waals surface area contributed by atoms with Gasteiger partial charge in [-0.1, -0.05) is 6.07 Å². The molecule has 0 fully saturated rings. The zero-order valence-corrected chi connectivity index (χ0v) is 16.1. The molecule has 0 radical (unpaired) electrons. The number of benzene rings is 2. The van der Waals surface area contributed by atoms with Gasteiger partial charge < -0.3 is 19.9 Å². The Hall–Kier alpha value is -2.65. The molecule has 0 aliphatic rings. The Kier molecular flexibility index (Phi) is 4.84. The third kappa shape index (κ3) is 3.63. The highest BCUT2D eigenvalue weighted by molar-refractivity contribution is 7.90. The summed E-state index contributed by atoms with van der Waals surface area (Å²) in [6, 6.07) is 10.3. The molecule has 1 heterocycles. The van der Waals surface area contributed by atoms with Gasteiger partial charge in [0, 0.05) is 13.3 Å². The standard InChI is InChI=1S/C17H18N4O3S2/c1-21-10-18-16-12(5-4-6-14(16)21)19-17(25)20-13-9-11(26(3,22)23)7-8-15(13)24-2/h4-10H,1-3H3,(H2,19,20,25). The second kappa shape index (κ2) is 6.93. The summed E-state index contributed by atoms with van der Waals surface area (Å²) in [6.07, 6.45) is 2.88. The van der Waals surface area contributed by atoms with E-state index in [0.717, 1.165) is 23.0 Å². The van der Waals surface area contributed by atoms with Gasteiger partial charge in [-0.25, -0.2) is 13.4 Å². The maximum absolute atomic E-state index is 11.8. The third-order valence-electron chi connectivity index (χ3n) is 3.85. The van der Waals surface area contributed by atoms with Crippen LogP contribution in [-0.4, -0.2) is 36.4 Å². The fourth-order valence-electron chi connectivity index (χ4n) is 2.55. The molecule has 3 aromatic rings. The number of rotatable bonds is 4. The first-order valence-electron chi connectivity index (χ1n) is 7.66. The maximum Gasteiger partial charge on any atom is 0.175 e. The van der Waals surface area contributed by atoms with Crippen molar-refractivity contribution >= 4 is 49.6 Å². The second-order valence-corrected chi connectivity index (χ2v) is 8.17. The van der Waals surface area contributed by atoms with E-state index >= 15 is 0 Å². The van der Waals surface area contributed by atoms with Crippen molar-refractivity contribution in [3.8, 4) is 5.75 Å². The van der Waals surface area contributed by atoms with E-state index in [1.54, 1.807) is 12.4 Å². The number of fused-ring (bicyclic) bond motifs is 1. The van der Waals surface area contributed by atoms with Gasteiger partial charge in [0.25, 0.3) is 0 Å². The predicted octanol–water partition coefficient (Wildman–Crippen LogP) is 2.79. The molecule has 0 saturated heterocycles. The van der Waals surface area contributed by atoms with E-state index in [1.807, 2.05) is 29.8 Å². The first-order valence-corrected chi connectivity index (χ1v) is 9.95. The summed E-state index contributed by atoms with van der Waals surface area (Å²) in [6.45, 7) is 0. The summed E-state index contributed by atoms with van der Waals surface area (Å²) in [7, 11) is 0.0766. The molecule has 9 heteroatoms. The van der Waals surface area contributed by atoms with E-state index in [-0.39, 0.29) is 4.90 Å². The Morgan fingerprint density at radius 3 is 2.62 bits per heavy atom. The molecule has 3 rings (SSSR count). The van der Waals surface area contributed by atoms with Crippen LogP contribution in [0.3, 0.4) is 0 Å². The van der Waals surface area contributed by atoms with Crippen molar-refractivity contribution < 1.29 is 13.2 Å². The van der Waals surface area contributed by atoms with Gasteiger partial charge in [-0.05, 0) is 42.5 Å². The number of para-hydroxylation sites is 1. The number of ether oxygens (including phenoxy) is 1. The van der Waals surface area contributed by atoms with Gasteiger partial charge in [-0.3, -0.25) is 0 Å². The van der Waals surface area contributed by atoms with Crippen molar-refractivity contribution in [1.29, 1.82) is 0 Å². The van der Waals surface area contributed by atoms with E-state index in [0.29, 0.717) is 16.5 Å². The second-order valence-electron chi connectivity index (χ2n) is 5.74. The van der Waals surface area contributed by atoms with Crippen LogP contribution in [0.1, 0.15) is 0 Å². The van der Waals surface area contributed by atoms with Gasteiger partial charge in [-0.2, -0.15) is 0 Å². The van der Waals surface area contributed by atoms with E-state index in [2.05, 4.69) is 15.6 Å². The third-order valence-corrected chi connectivity index (χ3v) is 5.16. The molecule has 0 amide bonds. The summed E-state index contributed by atoms with van der Waals surface area (Å²) >= 11 is 5.37. The van der Waals surface area contributed by atoms with Crippen LogP contribution in [0, 0.1) is 0 Å². The summed E-state index contributed by atoms with van der Waals surface area (Å²) < 4.78 is 30.8. The normalized spacial score (nSPS) is 11.3. The first kappa shape index (κ1) is 18.2. The van der Waals surface area contributed by atoms with Crippen molar-refractivity contribution in [1.82, 2.24) is 9.55 Å².